The van der Waals surface area contributed by atoms with Gasteiger partial charge in [0.25, 0.3) is 5.69 Å². The van der Waals surface area contributed by atoms with Crippen LogP contribution in [0.5, 0.6) is 0 Å². The number of aldehydes is 1. The Morgan fingerprint density at radius 1 is 1.25 bits per heavy atom. The third-order valence-corrected chi connectivity index (χ3v) is 4.00. The Morgan fingerprint density at radius 2 is 2.10 bits per heavy atom. The Bertz CT molecular complexity index is 793. The van der Waals surface area contributed by atoms with Crippen molar-refractivity contribution in [2.24, 2.45) is 0 Å². The van der Waals surface area contributed by atoms with Crippen LogP contribution in [-0.2, 0) is 0 Å². The zero-order chi connectivity index (χ0) is 14.1. The lowest BCUT2D eigenvalue weighted by Crippen LogP contribution is -1.91. The summed E-state index contributed by atoms with van der Waals surface area (Å²) < 4.78 is 1.00. The summed E-state index contributed by atoms with van der Waals surface area (Å²) in [5.74, 6) is 0. The number of non-ortho nitro benzene ring substituents is 1. The molecule has 0 N–H and O–H groups in total. The van der Waals surface area contributed by atoms with E-state index in [0.29, 0.717) is 17.4 Å². The molecule has 0 aliphatic carbocycles. The smallest absolute Gasteiger partial charge is 0.270 e. The summed E-state index contributed by atoms with van der Waals surface area (Å²) in [5.41, 5.74) is 1.70. The largest absolute Gasteiger partial charge is 0.298 e. The first-order valence-corrected chi connectivity index (χ1v) is 6.58. The fourth-order valence-electron chi connectivity index (χ4n) is 1.96. The summed E-state index contributed by atoms with van der Waals surface area (Å²) in [5, 5.41) is 10.9. The van der Waals surface area contributed by atoms with Crippen LogP contribution in [0.25, 0.3) is 20.7 Å². The molecule has 1 aromatic carbocycles. The highest BCUT2D eigenvalue weighted by Crippen LogP contribution is 2.34. The maximum Gasteiger partial charge on any atom is 0.270 e. The van der Waals surface area contributed by atoms with Crippen LogP contribution in [-0.4, -0.2) is 16.2 Å². The minimum absolute atomic E-state index is 0.0879. The van der Waals surface area contributed by atoms with Gasteiger partial charge in [-0.05, 0) is 29.8 Å². The number of nitro groups is 1. The number of carbonyl (C=O) groups is 1. The van der Waals surface area contributed by atoms with Gasteiger partial charge in [0.05, 0.1) is 15.1 Å². The molecule has 20 heavy (non-hydrogen) atoms. The number of hydrogen-bond acceptors (Lipinski definition) is 5. The second-order valence-corrected chi connectivity index (χ2v) is 5.27. The molecule has 2 heterocycles. The summed E-state index contributed by atoms with van der Waals surface area (Å²) in [4.78, 5) is 26.4. The Labute approximate surface area is 117 Å². The lowest BCUT2D eigenvalue weighted by Gasteiger charge is -1.99. The topological polar surface area (TPSA) is 73.1 Å². The quantitative estimate of drug-likeness (QED) is 0.417. The molecular weight excluding hydrogens is 276 g/mol. The summed E-state index contributed by atoms with van der Waals surface area (Å²) in [6.07, 6.45) is 2.31. The predicted octanol–water partition coefficient (Wildman–Crippen LogP) is 3.68. The number of nitro benzene ring substituents is 1. The summed E-state index contributed by atoms with van der Waals surface area (Å²) in [6, 6.07) is 10.0. The normalized spacial score (nSPS) is 10.6. The molecule has 0 radical (unpaired) electrons. The first-order chi connectivity index (χ1) is 9.67. The van der Waals surface area contributed by atoms with E-state index in [9.17, 15) is 14.9 Å². The minimum atomic E-state index is -0.498. The molecule has 0 saturated heterocycles. The van der Waals surface area contributed by atoms with Crippen LogP contribution in [0.15, 0.2) is 42.6 Å². The van der Waals surface area contributed by atoms with E-state index in [2.05, 4.69) is 4.98 Å². The molecular formula is C14H8N2O3S. The summed E-state index contributed by atoms with van der Waals surface area (Å²) in [6.45, 7) is 0. The number of pyridine rings is 1. The zero-order valence-corrected chi connectivity index (χ0v) is 11.0. The third-order valence-electron chi connectivity index (χ3n) is 2.86. The van der Waals surface area contributed by atoms with Gasteiger partial charge in [-0.3, -0.25) is 19.9 Å². The molecule has 5 nitrogen and oxygen atoms in total. The van der Waals surface area contributed by atoms with Crippen LogP contribution in [0, 0.1) is 10.1 Å². The fourth-order valence-corrected chi connectivity index (χ4v) is 2.97. The molecule has 0 aliphatic rings. The molecule has 98 valence electrons. The molecule has 3 aromatic rings. The van der Waals surface area contributed by atoms with E-state index in [-0.39, 0.29) is 5.69 Å². The predicted molar refractivity (Wildman–Crippen MR) is 77.1 cm³/mol. The van der Waals surface area contributed by atoms with Crippen molar-refractivity contribution >= 4 is 33.5 Å². The van der Waals surface area contributed by atoms with Crippen molar-refractivity contribution in [1.82, 2.24) is 4.98 Å². The number of benzene rings is 1. The number of nitrogens with zero attached hydrogens (tertiary/aromatic N) is 2. The van der Waals surface area contributed by atoms with Crippen LogP contribution < -0.4 is 0 Å². The summed E-state index contributed by atoms with van der Waals surface area (Å²) >= 11 is 1.49. The van der Waals surface area contributed by atoms with E-state index < -0.39 is 4.92 Å². The maximum atomic E-state index is 10.9. The zero-order valence-electron chi connectivity index (χ0n) is 10.1. The van der Waals surface area contributed by atoms with E-state index >= 15 is 0 Å². The van der Waals surface area contributed by atoms with Gasteiger partial charge >= 0.3 is 0 Å². The Hall–Kier alpha value is -2.60. The van der Waals surface area contributed by atoms with Crippen molar-refractivity contribution in [3.63, 3.8) is 0 Å². The van der Waals surface area contributed by atoms with Crippen molar-refractivity contribution < 1.29 is 9.72 Å². The third kappa shape index (κ3) is 2.17. The first-order valence-electron chi connectivity index (χ1n) is 5.77. The SMILES string of the molecule is O=Cc1cc(-c2cc3ncccc3s2)cc([N+](=O)[O-])c1. The van der Waals surface area contributed by atoms with Gasteiger partial charge in [0.15, 0.2) is 0 Å². The van der Waals surface area contributed by atoms with Crippen molar-refractivity contribution in [3.05, 3.63) is 58.3 Å². The second kappa shape index (κ2) is 4.82. The van der Waals surface area contributed by atoms with Gasteiger partial charge in [-0.25, -0.2) is 0 Å². The monoisotopic (exact) mass is 284 g/mol. The number of rotatable bonds is 3. The Morgan fingerprint density at radius 3 is 2.80 bits per heavy atom. The number of carbonyl (C=O) groups excluding carboxylic acids is 1. The molecule has 6 heteroatoms. The molecule has 0 spiro atoms. The van der Waals surface area contributed by atoms with Gasteiger partial charge < -0.3 is 0 Å². The van der Waals surface area contributed by atoms with Crippen LogP contribution in [0.2, 0.25) is 0 Å². The number of fused-ring (bicyclic) bond motifs is 1. The lowest BCUT2D eigenvalue weighted by molar-refractivity contribution is -0.384. The van der Waals surface area contributed by atoms with Gasteiger partial charge in [-0.1, -0.05) is 0 Å². The Balaban J connectivity index is 2.19. The average Bonchev–Trinajstić information content (AvgIpc) is 2.90. The molecule has 2 aromatic heterocycles. The second-order valence-electron chi connectivity index (χ2n) is 4.19. The van der Waals surface area contributed by atoms with Crippen molar-refractivity contribution in [1.29, 1.82) is 0 Å². The van der Waals surface area contributed by atoms with E-state index in [0.717, 1.165) is 15.1 Å². The lowest BCUT2D eigenvalue weighted by atomic mass is 10.1. The van der Waals surface area contributed by atoms with Crippen molar-refractivity contribution in [3.8, 4) is 10.4 Å². The van der Waals surface area contributed by atoms with Gasteiger partial charge in [-0.15, -0.1) is 11.3 Å². The molecule has 0 saturated carbocycles. The summed E-state index contributed by atoms with van der Waals surface area (Å²) in [7, 11) is 0. The molecule has 0 bridgehead atoms. The highest BCUT2D eigenvalue weighted by Gasteiger charge is 2.12. The van der Waals surface area contributed by atoms with E-state index in [1.807, 2.05) is 18.2 Å². The number of aromatic nitrogens is 1. The van der Waals surface area contributed by atoms with Gasteiger partial charge in [0.1, 0.15) is 6.29 Å². The van der Waals surface area contributed by atoms with Crippen LogP contribution in [0.1, 0.15) is 10.4 Å². The fraction of sp³-hybridized carbons (Fsp3) is 0. The van der Waals surface area contributed by atoms with Crippen LogP contribution in [0.4, 0.5) is 5.69 Å². The standard InChI is InChI=1S/C14H8N2O3S/c17-8-9-4-10(6-11(5-9)16(18)19)14-7-12-13(20-14)2-1-3-15-12/h1-8H. The first kappa shape index (κ1) is 12.4. The van der Waals surface area contributed by atoms with Gasteiger partial charge in [0, 0.05) is 28.8 Å². The molecule has 0 atom stereocenters. The van der Waals surface area contributed by atoms with Crippen molar-refractivity contribution in [2.75, 3.05) is 0 Å². The Kier molecular flexibility index (Phi) is 3.00. The van der Waals surface area contributed by atoms with Gasteiger partial charge in [0.2, 0.25) is 0 Å². The molecule has 0 fully saturated rings. The highest BCUT2D eigenvalue weighted by molar-refractivity contribution is 7.22. The van der Waals surface area contributed by atoms with Gasteiger partial charge in [-0.2, -0.15) is 0 Å². The van der Waals surface area contributed by atoms with Crippen LogP contribution in [0.3, 0.4) is 0 Å². The maximum absolute atomic E-state index is 10.9. The van der Waals surface area contributed by atoms with Crippen LogP contribution >= 0.6 is 11.3 Å². The molecule has 0 aliphatic heterocycles. The number of thiophene rings is 1. The number of hydrogen-bond donors (Lipinski definition) is 0. The molecule has 3 rings (SSSR count). The minimum Gasteiger partial charge on any atom is -0.298 e. The van der Waals surface area contributed by atoms with E-state index in [1.54, 1.807) is 12.3 Å². The highest BCUT2D eigenvalue weighted by atomic mass is 32.1. The molecule has 0 unspecified atom stereocenters. The van der Waals surface area contributed by atoms with E-state index in [1.165, 1.54) is 23.5 Å². The average molecular weight is 284 g/mol. The van der Waals surface area contributed by atoms with Crippen molar-refractivity contribution in [2.45, 2.75) is 0 Å². The molecule has 0 amide bonds. The van der Waals surface area contributed by atoms with E-state index in [4.69, 9.17) is 0 Å².